The molecule has 0 N–H and O–H groups in total. The zero-order valence-electron chi connectivity index (χ0n) is 19.1. The molecule has 4 aromatic carbocycles. The SMILES string of the molecule is CC1CCc2cccc3c2N(c2cccc4c2B3c2cc(-c3ccccc3)ccc2S4)C1C. The molecule has 0 aliphatic carbocycles. The minimum atomic E-state index is 0.294. The third-order valence-electron chi connectivity index (χ3n) is 8.04. The van der Waals surface area contributed by atoms with E-state index in [-0.39, 0.29) is 0 Å². The third kappa shape index (κ3) is 2.82. The van der Waals surface area contributed by atoms with Crippen LogP contribution in [0.4, 0.5) is 11.4 Å². The van der Waals surface area contributed by atoms with Crippen molar-refractivity contribution in [2.45, 2.75) is 42.5 Å². The molecule has 4 aromatic rings. The van der Waals surface area contributed by atoms with Crippen molar-refractivity contribution in [1.29, 1.82) is 0 Å². The summed E-state index contributed by atoms with van der Waals surface area (Å²) in [5.74, 6) is 0.658. The lowest BCUT2D eigenvalue weighted by Gasteiger charge is -2.44. The highest BCUT2D eigenvalue weighted by atomic mass is 32.2. The molecule has 0 radical (unpaired) electrons. The molecule has 0 aromatic heterocycles. The van der Waals surface area contributed by atoms with Crippen LogP contribution < -0.4 is 21.3 Å². The van der Waals surface area contributed by atoms with E-state index in [0.29, 0.717) is 18.7 Å². The Balaban J connectivity index is 1.51. The number of rotatable bonds is 1. The molecule has 2 unspecified atom stereocenters. The number of anilines is 2. The van der Waals surface area contributed by atoms with Gasteiger partial charge in [0.15, 0.2) is 0 Å². The van der Waals surface area contributed by atoms with Crippen molar-refractivity contribution in [2.75, 3.05) is 4.90 Å². The van der Waals surface area contributed by atoms with Crippen LogP contribution in [0.3, 0.4) is 0 Å². The van der Waals surface area contributed by atoms with Crippen LogP contribution in [0.25, 0.3) is 11.1 Å². The monoisotopic (exact) mass is 443 g/mol. The van der Waals surface area contributed by atoms with E-state index in [1.54, 1.807) is 0 Å². The molecule has 3 aliphatic rings. The minimum Gasteiger partial charge on any atom is -0.339 e. The fourth-order valence-electron chi connectivity index (χ4n) is 6.16. The van der Waals surface area contributed by atoms with Crippen LogP contribution in [0.1, 0.15) is 25.8 Å². The predicted molar refractivity (Wildman–Crippen MR) is 143 cm³/mol. The van der Waals surface area contributed by atoms with E-state index in [1.807, 2.05) is 11.8 Å². The molecule has 33 heavy (non-hydrogen) atoms. The highest BCUT2D eigenvalue weighted by Gasteiger charge is 2.43. The molecule has 0 amide bonds. The van der Waals surface area contributed by atoms with E-state index in [0.717, 1.165) is 0 Å². The lowest BCUT2D eigenvalue weighted by molar-refractivity contribution is 0.457. The van der Waals surface area contributed by atoms with Gasteiger partial charge in [-0.3, -0.25) is 0 Å². The standard InChI is InChI=1S/C30H26BNS/c1-19-14-15-22-10-6-11-24-30(22)32(20(19)2)26-12-7-13-28-29(26)31(24)25-18-23(16-17-27(25)33-28)21-8-4-3-5-9-21/h3-13,16-20H,14-15H2,1-2H3. The van der Waals surface area contributed by atoms with Gasteiger partial charge in [-0.15, -0.1) is 0 Å². The Labute approximate surface area is 200 Å². The van der Waals surface area contributed by atoms with Crippen molar-refractivity contribution in [2.24, 2.45) is 5.92 Å². The summed E-state index contributed by atoms with van der Waals surface area (Å²) in [6, 6.07) is 32.4. The summed E-state index contributed by atoms with van der Waals surface area (Å²) in [6.45, 7) is 5.14. The summed E-state index contributed by atoms with van der Waals surface area (Å²) in [6.07, 6.45) is 2.41. The van der Waals surface area contributed by atoms with Gasteiger partial charge in [-0.1, -0.05) is 90.9 Å². The van der Waals surface area contributed by atoms with Crippen LogP contribution in [0, 0.1) is 5.92 Å². The average Bonchev–Trinajstić information content (AvgIpc) is 2.99. The molecular formula is C30H26BNS. The number of benzene rings is 4. The number of fused-ring (bicyclic) bond motifs is 4. The Morgan fingerprint density at radius 2 is 1.64 bits per heavy atom. The first-order valence-corrected chi connectivity index (χ1v) is 12.9. The number of hydrogen-bond donors (Lipinski definition) is 0. The Morgan fingerprint density at radius 3 is 2.52 bits per heavy atom. The van der Waals surface area contributed by atoms with Crippen LogP contribution in [0.15, 0.2) is 94.7 Å². The lowest BCUT2D eigenvalue weighted by atomic mass is 9.34. The van der Waals surface area contributed by atoms with Crippen LogP contribution in [0.2, 0.25) is 0 Å². The highest BCUT2D eigenvalue weighted by molar-refractivity contribution is 8.00. The maximum absolute atomic E-state index is 2.68. The minimum absolute atomic E-state index is 0.294. The molecule has 3 heterocycles. The van der Waals surface area contributed by atoms with Crippen LogP contribution in [-0.4, -0.2) is 12.8 Å². The zero-order valence-corrected chi connectivity index (χ0v) is 19.9. The summed E-state index contributed by atoms with van der Waals surface area (Å²) >= 11 is 1.94. The van der Waals surface area contributed by atoms with Gasteiger partial charge in [0.05, 0.1) is 0 Å². The quantitative estimate of drug-likeness (QED) is 0.303. The average molecular weight is 443 g/mol. The van der Waals surface area contributed by atoms with Gasteiger partial charge in [0.25, 0.3) is 0 Å². The number of para-hydroxylation sites is 1. The first kappa shape index (κ1) is 19.6. The lowest BCUT2D eigenvalue weighted by Crippen LogP contribution is -2.61. The first-order valence-electron chi connectivity index (χ1n) is 12.1. The van der Waals surface area contributed by atoms with E-state index in [1.165, 1.54) is 67.1 Å². The number of hydrogen-bond acceptors (Lipinski definition) is 2. The summed E-state index contributed by atoms with van der Waals surface area (Å²) in [5, 5.41) is 0. The number of aryl methyl sites for hydroxylation is 1. The van der Waals surface area contributed by atoms with E-state index in [9.17, 15) is 0 Å². The first-order chi connectivity index (χ1) is 16.2. The summed E-state index contributed by atoms with van der Waals surface area (Å²) in [4.78, 5) is 5.49. The van der Waals surface area contributed by atoms with Gasteiger partial charge in [0, 0.05) is 27.2 Å². The Hall–Kier alpha value is -2.91. The van der Waals surface area contributed by atoms with E-state index >= 15 is 0 Å². The molecule has 3 aliphatic heterocycles. The number of nitrogens with zero attached hydrogens (tertiary/aromatic N) is 1. The Bertz CT molecular complexity index is 1400. The second-order valence-electron chi connectivity index (χ2n) is 9.82. The van der Waals surface area contributed by atoms with Gasteiger partial charge >= 0.3 is 0 Å². The molecule has 0 fully saturated rings. The van der Waals surface area contributed by atoms with Gasteiger partial charge in [-0.25, -0.2) is 0 Å². The van der Waals surface area contributed by atoms with Crippen molar-refractivity contribution in [3.05, 3.63) is 90.5 Å². The molecule has 2 atom stereocenters. The Kier molecular flexibility index (Phi) is 4.32. The topological polar surface area (TPSA) is 3.24 Å². The van der Waals surface area contributed by atoms with Gasteiger partial charge in [0.2, 0.25) is 6.71 Å². The smallest absolute Gasteiger partial charge is 0.249 e. The summed E-state index contributed by atoms with van der Waals surface area (Å²) in [5.41, 5.74) is 11.5. The van der Waals surface area contributed by atoms with Crippen LogP contribution in [-0.2, 0) is 6.42 Å². The second-order valence-corrected chi connectivity index (χ2v) is 10.9. The molecule has 160 valence electrons. The molecule has 0 bridgehead atoms. The fraction of sp³-hybridized carbons (Fsp3) is 0.200. The molecule has 1 nitrogen and oxygen atoms in total. The zero-order chi connectivity index (χ0) is 22.1. The predicted octanol–water partition coefficient (Wildman–Crippen LogP) is 5.76. The summed E-state index contributed by atoms with van der Waals surface area (Å²) < 4.78 is 0. The largest absolute Gasteiger partial charge is 0.339 e. The van der Waals surface area contributed by atoms with Gasteiger partial charge < -0.3 is 4.90 Å². The van der Waals surface area contributed by atoms with Crippen molar-refractivity contribution in [3.63, 3.8) is 0 Å². The van der Waals surface area contributed by atoms with Crippen LogP contribution >= 0.6 is 11.8 Å². The van der Waals surface area contributed by atoms with Crippen molar-refractivity contribution < 1.29 is 0 Å². The fourth-order valence-corrected chi connectivity index (χ4v) is 7.30. The van der Waals surface area contributed by atoms with E-state index in [2.05, 4.69) is 104 Å². The van der Waals surface area contributed by atoms with E-state index < -0.39 is 0 Å². The second kappa shape index (κ2) is 7.30. The van der Waals surface area contributed by atoms with Crippen molar-refractivity contribution >= 4 is 46.2 Å². The molecule has 0 spiro atoms. The summed E-state index contributed by atoms with van der Waals surface area (Å²) in [7, 11) is 0. The highest BCUT2D eigenvalue weighted by Crippen LogP contribution is 2.43. The molecule has 0 saturated heterocycles. The van der Waals surface area contributed by atoms with Crippen molar-refractivity contribution in [1.82, 2.24) is 0 Å². The molecule has 7 rings (SSSR count). The molecule has 0 saturated carbocycles. The maximum Gasteiger partial charge on any atom is 0.249 e. The maximum atomic E-state index is 2.68. The van der Waals surface area contributed by atoms with Crippen LogP contribution in [0.5, 0.6) is 0 Å². The van der Waals surface area contributed by atoms with Crippen molar-refractivity contribution in [3.8, 4) is 11.1 Å². The Morgan fingerprint density at radius 1 is 0.788 bits per heavy atom. The molecular weight excluding hydrogens is 417 g/mol. The third-order valence-corrected chi connectivity index (χ3v) is 9.21. The van der Waals surface area contributed by atoms with E-state index in [4.69, 9.17) is 0 Å². The molecule has 3 heteroatoms. The van der Waals surface area contributed by atoms with Gasteiger partial charge in [0.1, 0.15) is 0 Å². The van der Waals surface area contributed by atoms with Gasteiger partial charge in [-0.05, 0) is 71.5 Å². The van der Waals surface area contributed by atoms with Gasteiger partial charge in [-0.2, -0.15) is 0 Å². The normalized spacial score (nSPS) is 19.9.